The molecule has 0 saturated carbocycles. The Kier molecular flexibility index (Phi) is 4.66. The minimum Gasteiger partial charge on any atom is -0.324 e. The van der Waals surface area contributed by atoms with Gasteiger partial charge in [0.2, 0.25) is 5.95 Å². The fraction of sp³-hybridized carbons (Fsp3) is 0.167. The molecule has 5 heteroatoms. The summed E-state index contributed by atoms with van der Waals surface area (Å²) in [6.07, 6.45) is 2.89. The number of benzene rings is 3. The average molecular weight is 401 g/mol. The van der Waals surface area contributed by atoms with Crippen LogP contribution in [-0.2, 0) is 13.0 Å². The third-order valence-electron chi connectivity index (χ3n) is 5.45. The van der Waals surface area contributed by atoms with Crippen LogP contribution in [0.25, 0.3) is 22.0 Å². The Balaban J connectivity index is 1.54. The van der Waals surface area contributed by atoms with Crippen molar-refractivity contribution >= 4 is 34.1 Å². The molecule has 4 aromatic rings. The predicted octanol–water partition coefficient (Wildman–Crippen LogP) is 5.68. The number of aromatic nitrogens is 2. The van der Waals surface area contributed by atoms with Gasteiger partial charge in [0.15, 0.2) is 0 Å². The molecule has 0 radical (unpaired) electrons. The molecule has 0 saturated heterocycles. The number of nitrogens with one attached hydrogen (secondary N) is 1. The molecule has 144 valence electrons. The summed E-state index contributed by atoms with van der Waals surface area (Å²) < 4.78 is 0. The molecule has 1 aliphatic heterocycles. The van der Waals surface area contributed by atoms with Crippen LogP contribution in [0.15, 0.2) is 66.9 Å². The second-order valence-electron chi connectivity index (χ2n) is 7.51. The molecule has 2 heterocycles. The van der Waals surface area contributed by atoms with Crippen LogP contribution < -0.4 is 5.32 Å². The van der Waals surface area contributed by atoms with Gasteiger partial charge in [-0.1, -0.05) is 54.1 Å². The number of halogens is 1. The van der Waals surface area contributed by atoms with Crippen LogP contribution in [0.5, 0.6) is 0 Å². The Labute approximate surface area is 175 Å². The van der Waals surface area contributed by atoms with E-state index in [4.69, 9.17) is 16.6 Å². The summed E-state index contributed by atoms with van der Waals surface area (Å²) in [6.45, 7) is 2.08. The quantitative estimate of drug-likeness (QED) is 0.480. The standard InChI is InChI=1S/C24H21ClN4/c1-29-12-11-16-7-8-19(13-18(16)15-29)27-24-26-14-21-22(25)10-9-20(23(21)28-24)17-5-3-2-4-6-17/h2-10,13-14H,11-12,15H2,1H3,(H,26,27,28). The highest BCUT2D eigenvalue weighted by atomic mass is 35.5. The number of nitrogens with zero attached hydrogens (tertiary/aromatic N) is 3. The van der Waals surface area contributed by atoms with E-state index in [0.717, 1.165) is 47.2 Å². The first-order valence-electron chi connectivity index (χ1n) is 9.75. The lowest BCUT2D eigenvalue weighted by atomic mass is 9.99. The Morgan fingerprint density at radius 1 is 1.00 bits per heavy atom. The fourth-order valence-corrected chi connectivity index (χ4v) is 4.10. The zero-order valence-electron chi connectivity index (χ0n) is 16.2. The van der Waals surface area contributed by atoms with Gasteiger partial charge < -0.3 is 10.2 Å². The Morgan fingerprint density at radius 3 is 2.72 bits per heavy atom. The molecule has 1 aliphatic rings. The molecule has 0 bridgehead atoms. The summed E-state index contributed by atoms with van der Waals surface area (Å²) in [7, 11) is 2.16. The third kappa shape index (κ3) is 3.57. The molecular formula is C24H21ClN4. The van der Waals surface area contributed by atoms with Crippen LogP contribution in [0.3, 0.4) is 0 Å². The second-order valence-corrected chi connectivity index (χ2v) is 7.92. The Bertz CT molecular complexity index is 1190. The van der Waals surface area contributed by atoms with Gasteiger partial charge >= 0.3 is 0 Å². The van der Waals surface area contributed by atoms with Crippen molar-refractivity contribution < 1.29 is 0 Å². The van der Waals surface area contributed by atoms with Gasteiger partial charge in [-0.05, 0) is 48.4 Å². The summed E-state index contributed by atoms with van der Waals surface area (Å²) in [5.41, 5.74) is 6.78. The van der Waals surface area contributed by atoms with Gasteiger partial charge in [-0.15, -0.1) is 0 Å². The van der Waals surface area contributed by atoms with Crippen molar-refractivity contribution in [3.05, 3.63) is 83.0 Å². The number of fused-ring (bicyclic) bond motifs is 2. The van der Waals surface area contributed by atoms with E-state index >= 15 is 0 Å². The van der Waals surface area contributed by atoms with E-state index in [0.29, 0.717) is 11.0 Å². The van der Waals surface area contributed by atoms with Crippen molar-refractivity contribution in [1.82, 2.24) is 14.9 Å². The summed E-state index contributed by atoms with van der Waals surface area (Å²) in [5, 5.41) is 4.88. The largest absolute Gasteiger partial charge is 0.324 e. The molecule has 4 nitrogen and oxygen atoms in total. The lowest BCUT2D eigenvalue weighted by Crippen LogP contribution is -2.26. The van der Waals surface area contributed by atoms with E-state index in [9.17, 15) is 0 Å². The molecule has 1 aromatic heterocycles. The van der Waals surface area contributed by atoms with Gasteiger partial charge in [-0.3, -0.25) is 0 Å². The van der Waals surface area contributed by atoms with Crippen molar-refractivity contribution in [2.75, 3.05) is 18.9 Å². The maximum Gasteiger partial charge on any atom is 0.227 e. The van der Waals surface area contributed by atoms with E-state index in [-0.39, 0.29) is 0 Å². The van der Waals surface area contributed by atoms with Crippen LogP contribution in [-0.4, -0.2) is 28.5 Å². The lowest BCUT2D eigenvalue weighted by molar-refractivity contribution is 0.313. The minimum atomic E-state index is 0.570. The number of hydrogen-bond donors (Lipinski definition) is 1. The maximum atomic E-state index is 6.42. The summed E-state index contributed by atoms with van der Waals surface area (Å²) in [4.78, 5) is 11.7. The molecule has 1 N–H and O–H groups in total. The van der Waals surface area contributed by atoms with Gasteiger partial charge in [0.05, 0.1) is 10.5 Å². The molecule has 5 rings (SSSR count). The average Bonchev–Trinajstić information content (AvgIpc) is 2.74. The molecule has 3 aromatic carbocycles. The molecule has 0 amide bonds. The topological polar surface area (TPSA) is 41.0 Å². The van der Waals surface area contributed by atoms with E-state index in [2.05, 4.69) is 52.6 Å². The highest BCUT2D eigenvalue weighted by Gasteiger charge is 2.14. The number of likely N-dealkylation sites (N-methyl/N-ethyl adjacent to an activating group) is 1. The molecule has 29 heavy (non-hydrogen) atoms. The van der Waals surface area contributed by atoms with E-state index < -0.39 is 0 Å². The van der Waals surface area contributed by atoms with Gasteiger partial charge in [0, 0.05) is 35.9 Å². The van der Waals surface area contributed by atoms with E-state index in [1.807, 2.05) is 30.3 Å². The predicted molar refractivity (Wildman–Crippen MR) is 120 cm³/mol. The molecule has 0 spiro atoms. The molecule has 0 unspecified atom stereocenters. The van der Waals surface area contributed by atoms with Crippen molar-refractivity contribution in [3.63, 3.8) is 0 Å². The highest BCUT2D eigenvalue weighted by molar-refractivity contribution is 6.35. The van der Waals surface area contributed by atoms with Crippen molar-refractivity contribution in [2.24, 2.45) is 0 Å². The molecule has 0 fully saturated rings. The first-order valence-corrected chi connectivity index (χ1v) is 10.1. The van der Waals surface area contributed by atoms with Crippen LogP contribution in [0, 0.1) is 0 Å². The fourth-order valence-electron chi connectivity index (χ4n) is 3.90. The van der Waals surface area contributed by atoms with Crippen molar-refractivity contribution in [3.8, 4) is 11.1 Å². The van der Waals surface area contributed by atoms with Gasteiger partial charge in [0.1, 0.15) is 0 Å². The molecular weight excluding hydrogens is 380 g/mol. The van der Waals surface area contributed by atoms with E-state index in [1.165, 1.54) is 11.1 Å². The van der Waals surface area contributed by atoms with Crippen molar-refractivity contribution in [1.29, 1.82) is 0 Å². The van der Waals surface area contributed by atoms with Gasteiger partial charge in [-0.2, -0.15) is 0 Å². The number of rotatable bonds is 3. The smallest absolute Gasteiger partial charge is 0.227 e. The lowest BCUT2D eigenvalue weighted by Gasteiger charge is -2.25. The first-order chi connectivity index (χ1) is 14.2. The minimum absolute atomic E-state index is 0.570. The summed E-state index contributed by atoms with van der Waals surface area (Å²) >= 11 is 6.42. The maximum absolute atomic E-state index is 6.42. The highest BCUT2D eigenvalue weighted by Crippen LogP contribution is 2.32. The SMILES string of the molecule is CN1CCc2ccc(Nc3ncc4c(Cl)ccc(-c5ccccc5)c4n3)cc2C1. The normalized spacial score (nSPS) is 14.0. The van der Waals surface area contributed by atoms with Gasteiger partial charge in [-0.25, -0.2) is 9.97 Å². The van der Waals surface area contributed by atoms with Crippen LogP contribution in [0.1, 0.15) is 11.1 Å². The second kappa shape index (κ2) is 7.47. The van der Waals surface area contributed by atoms with Crippen molar-refractivity contribution in [2.45, 2.75) is 13.0 Å². The summed E-state index contributed by atoms with van der Waals surface area (Å²) in [6, 6.07) is 20.7. The van der Waals surface area contributed by atoms with Crippen LogP contribution in [0.4, 0.5) is 11.6 Å². The first kappa shape index (κ1) is 18.1. The Morgan fingerprint density at radius 2 is 1.86 bits per heavy atom. The zero-order chi connectivity index (χ0) is 19.8. The Hall–Kier alpha value is -2.95. The third-order valence-corrected chi connectivity index (χ3v) is 5.78. The zero-order valence-corrected chi connectivity index (χ0v) is 16.9. The molecule has 0 aliphatic carbocycles. The number of anilines is 2. The number of hydrogen-bond acceptors (Lipinski definition) is 4. The van der Waals surface area contributed by atoms with E-state index in [1.54, 1.807) is 6.20 Å². The van der Waals surface area contributed by atoms with Gasteiger partial charge in [0.25, 0.3) is 0 Å². The molecule has 0 atom stereocenters. The van der Waals surface area contributed by atoms with Crippen LogP contribution >= 0.6 is 11.6 Å². The monoisotopic (exact) mass is 400 g/mol. The summed E-state index contributed by atoms with van der Waals surface area (Å²) in [5.74, 6) is 0.570. The van der Waals surface area contributed by atoms with Crippen LogP contribution in [0.2, 0.25) is 5.02 Å².